The molecule has 3 amide bonds. The first-order valence-electron chi connectivity index (χ1n) is 16.0. The number of hydrazine groups is 1. The number of amides is 3. The molecule has 14 nitrogen and oxygen atoms in total. The number of aliphatic imine (C=N–C) groups is 1. The highest BCUT2D eigenvalue weighted by Crippen LogP contribution is 2.65. The van der Waals surface area contributed by atoms with Gasteiger partial charge < -0.3 is 31.0 Å². The smallest absolute Gasteiger partial charge is 0.404 e. The number of rotatable bonds is 17. The molecular formula is C29H52BN7O7. The fourth-order valence-electron chi connectivity index (χ4n) is 7.11. The molecule has 0 aromatic rings. The average Bonchev–Trinajstić information content (AvgIpc) is 3.28. The Morgan fingerprint density at radius 2 is 1.84 bits per heavy atom. The molecule has 1 aliphatic heterocycles. The Kier molecular flexibility index (Phi) is 12.4. The first-order valence-corrected chi connectivity index (χ1v) is 16.0. The number of nitrogens with two attached hydrogens (primary N) is 1. The Morgan fingerprint density at radius 3 is 2.48 bits per heavy atom. The van der Waals surface area contributed by atoms with E-state index in [1.807, 2.05) is 0 Å². The molecule has 44 heavy (non-hydrogen) atoms. The van der Waals surface area contributed by atoms with Gasteiger partial charge in [-0.1, -0.05) is 39.5 Å². The van der Waals surface area contributed by atoms with Crippen molar-refractivity contribution >= 4 is 30.8 Å². The third kappa shape index (κ3) is 9.29. The first kappa shape index (κ1) is 35.5. The molecule has 4 aliphatic rings. The number of unbranched alkanes of at least 4 members (excludes halogenated alkanes) is 2. The third-order valence-corrected chi connectivity index (χ3v) is 9.60. The Hall–Kier alpha value is -2.94. The molecule has 248 valence electrons. The van der Waals surface area contributed by atoms with Crippen LogP contribution >= 0.6 is 0 Å². The molecule has 3 aliphatic carbocycles. The summed E-state index contributed by atoms with van der Waals surface area (Å²) in [7, 11) is -0.593. The van der Waals surface area contributed by atoms with Gasteiger partial charge in [-0.15, -0.1) is 0 Å². The van der Waals surface area contributed by atoms with Gasteiger partial charge in [0.1, 0.15) is 6.04 Å². The lowest BCUT2D eigenvalue weighted by Crippen LogP contribution is -2.65. The summed E-state index contributed by atoms with van der Waals surface area (Å²) in [5.74, 6) is -0.168. The van der Waals surface area contributed by atoms with Crippen molar-refractivity contribution in [1.82, 2.24) is 21.4 Å². The van der Waals surface area contributed by atoms with Crippen molar-refractivity contribution in [2.45, 2.75) is 123 Å². The molecule has 0 aromatic carbocycles. The van der Waals surface area contributed by atoms with Crippen molar-refractivity contribution < 1.29 is 28.7 Å². The predicted molar refractivity (Wildman–Crippen MR) is 166 cm³/mol. The maximum atomic E-state index is 13.7. The zero-order valence-electron chi connectivity index (χ0n) is 27.1. The summed E-state index contributed by atoms with van der Waals surface area (Å²) in [5, 5.41) is 18.5. The molecule has 1 heterocycles. The largest absolute Gasteiger partial charge is 0.481 e. The summed E-state index contributed by atoms with van der Waals surface area (Å²) in [5.41, 5.74) is 7.08. The van der Waals surface area contributed by atoms with Gasteiger partial charge in [0.05, 0.1) is 17.6 Å². The summed E-state index contributed by atoms with van der Waals surface area (Å²) in [6, 6.07) is -0.845. The maximum Gasteiger partial charge on any atom is 0.481 e. The van der Waals surface area contributed by atoms with Crippen LogP contribution in [0, 0.1) is 33.3 Å². The number of carbonyl (C=O) groups is 3. The van der Waals surface area contributed by atoms with Crippen LogP contribution in [0.1, 0.15) is 99.3 Å². The van der Waals surface area contributed by atoms with E-state index in [1.54, 1.807) is 5.43 Å². The summed E-state index contributed by atoms with van der Waals surface area (Å²) >= 11 is 0. The lowest BCUT2D eigenvalue weighted by molar-refractivity contribution is -0.525. The van der Waals surface area contributed by atoms with E-state index < -0.39 is 29.7 Å². The van der Waals surface area contributed by atoms with Crippen molar-refractivity contribution in [2.75, 3.05) is 13.1 Å². The molecule has 3 saturated carbocycles. The van der Waals surface area contributed by atoms with Gasteiger partial charge in [-0.2, -0.15) is 0 Å². The lowest BCUT2D eigenvalue weighted by atomic mass is 9.43. The minimum absolute atomic E-state index is 0.0203. The number of hydrogen-bond acceptors (Lipinski definition) is 8. The Labute approximate surface area is 261 Å². The van der Waals surface area contributed by atoms with Crippen molar-refractivity contribution in [2.24, 2.45) is 33.9 Å². The SMILES string of the molecule is CC(=O)NCCCCCC(=O)N[C@@H](CCCN=C(N)N[N+](=O)[O-])C(=O)N[C@@H](CC(C)C)B1O[C@@H]2C[C@@H]3C[C@@H](C3(C)C)[C@]2(C)O1. The molecule has 6 atom stereocenters. The topological polar surface area (TPSA) is 199 Å². The normalized spacial score (nSPS) is 26.7. The number of nitro groups is 1. The van der Waals surface area contributed by atoms with E-state index >= 15 is 0 Å². The molecule has 0 radical (unpaired) electrons. The van der Waals surface area contributed by atoms with Crippen LogP contribution in [-0.2, 0) is 23.7 Å². The number of carbonyl (C=O) groups excluding carboxylic acids is 3. The van der Waals surface area contributed by atoms with E-state index in [1.165, 1.54) is 6.92 Å². The van der Waals surface area contributed by atoms with Gasteiger partial charge in [-0.3, -0.25) is 14.4 Å². The van der Waals surface area contributed by atoms with E-state index in [0.29, 0.717) is 37.6 Å². The lowest BCUT2D eigenvalue weighted by Gasteiger charge is -2.64. The fourth-order valence-corrected chi connectivity index (χ4v) is 7.11. The summed E-state index contributed by atoms with van der Waals surface area (Å²) < 4.78 is 13.2. The number of guanidine groups is 1. The summed E-state index contributed by atoms with van der Waals surface area (Å²) in [4.78, 5) is 52.1. The minimum atomic E-state index is -0.845. The molecule has 4 rings (SSSR count). The molecule has 2 bridgehead atoms. The summed E-state index contributed by atoms with van der Waals surface area (Å²) in [6.07, 6.45) is 5.67. The maximum absolute atomic E-state index is 13.7. The summed E-state index contributed by atoms with van der Waals surface area (Å²) in [6.45, 7) is 13.1. The quantitative estimate of drug-likeness (QED) is 0.0402. The molecule has 1 saturated heterocycles. The first-order chi connectivity index (χ1) is 20.6. The van der Waals surface area contributed by atoms with E-state index in [9.17, 15) is 24.5 Å². The van der Waals surface area contributed by atoms with Crippen LogP contribution < -0.4 is 27.1 Å². The molecule has 0 spiro atoms. The minimum Gasteiger partial charge on any atom is -0.404 e. The Morgan fingerprint density at radius 1 is 1.11 bits per heavy atom. The van der Waals surface area contributed by atoms with Gasteiger partial charge in [0.25, 0.3) is 5.96 Å². The second-order valence-corrected chi connectivity index (χ2v) is 13.8. The van der Waals surface area contributed by atoms with Gasteiger partial charge >= 0.3 is 7.12 Å². The third-order valence-electron chi connectivity index (χ3n) is 9.60. The van der Waals surface area contributed by atoms with Crippen molar-refractivity contribution in [3.05, 3.63) is 10.1 Å². The Balaban J connectivity index is 1.64. The van der Waals surface area contributed by atoms with Crippen LogP contribution in [0.2, 0.25) is 0 Å². The number of hydrogen-bond donors (Lipinski definition) is 5. The molecular weight excluding hydrogens is 569 g/mol. The van der Waals surface area contributed by atoms with Crippen LogP contribution in [0.15, 0.2) is 4.99 Å². The molecule has 6 N–H and O–H groups in total. The fraction of sp³-hybridized carbons (Fsp3) is 0.862. The molecule has 0 unspecified atom stereocenters. The van der Waals surface area contributed by atoms with Crippen LogP contribution in [0.4, 0.5) is 0 Å². The van der Waals surface area contributed by atoms with Gasteiger partial charge in [0.2, 0.25) is 17.7 Å². The van der Waals surface area contributed by atoms with E-state index in [2.05, 4.69) is 55.6 Å². The van der Waals surface area contributed by atoms with Crippen molar-refractivity contribution in [1.29, 1.82) is 0 Å². The monoisotopic (exact) mass is 621 g/mol. The highest BCUT2D eigenvalue weighted by molar-refractivity contribution is 6.48. The second-order valence-electron chi connectivity index (χ2n) is 13.8. The van der Waals surface area contributed by atoms with Gasteiger partial charge in [0.15, 0.2) is 5.03 Å². The van der Waals surface area contributed by atoms with Crippen LogP contribution in [0.5, 0.6) is 0 Å². The van der Waals surface area contributed by atoms with Crippen LogP contribution in [0.3, 0.4) is 0 Å². The molecule has 0 aromatic heterocycles. The van der Waals surface area contributed by atoms with Gasteiger partial charge in [0, 0.05) is 26.4 Å². The second kappa shape index (κ2) is 15.4. The van der Waals surface area contributed by atoms with Crippen LogP contribution in [-0.4, -0.2) is 72.6 Å². The zero-order valence-corrected chi connectivity index (χ0v) is 27.1. The zero-order chi connectivity index (χ0) is 32.7. The Bertz CT molecular complexity index is 1070. The van der Waals surface area contributed by atoms with Crippen LogP contribution in [0.25, 0.3) is 0 Å². The van der Waals surface area contributed by atoms with Crippen molar-refractivity contribution in [3.8, 4) is 0 Å². The highest BCUT2D eigenvalue weighted by Gasteiger charge is 2.68. The number of nitrogens with zero attached hydrogens (tertiary/aromatic N) is 2. The predicted octanol–water partition coefficient (Wildman–Crippen LogP) is 1.84. The molecule has 15 heteroatoms. The van der Waals surface area contributed by atoms with Gasteiger partial charge in [-0.25, -0.2) is 15.1 Å². The molecule has 4 fully saturated rings. The highest BCUT2D eigenvalue weighted by atomic mass is 16.7. The van der Waals surface area contributed by atoms with E-state index in [-0.39, 0.29) is 60.5 Å². The van der Waals surface area contributed by atoms with Crippen molar-refractivity contribution in [3.63, 3.8) is 0 Å². The van der Waals surface area contributed by atoms with Gasteiger partial charge in [-0.05, 0) is 75.0 Å². The standard InChI is InChI=1S/C29H52BN7O7/c1-18(2)15-24(30-43-23-17-20-16-22(28(20,4)5)29(23,6)44-30)35-26(40)21(11-10-14-33-27(31)36-37(41)42)34-25(39)12-8-7-9-13-32-19(3)38/h18,20-24H,7-17H2,1-6H3,(H,32,38)(H,34,39)(H,35,40)(H3,31,33,36)/t20-,21-,22-,23+,24-,29-/m0/s1. The number of nitrogens with one attached hydrogen (secondary N) is 4. The van der Waals surface area contributed by atoms with E-state index in [0.717, 1.165) is 25.7 Å². The average molecular weight is 622 g/mol. The van der Waals surface area contributed by atoms with E-state index in [4.69, 9.17) is 15.0 Å².